The maximum Gasteiger partial charge on any atom is 0.319 e. The summed E-state index contributed by atoms with van der Waals surface area (Å²) in [5, 5.41) is 15.3. The van der Waals surface area contributed by atoms with Gasteiger partial charge in [0.15, 0.2) is 15.6 Å². The van der Waals surface area contributed by atoms with E-state index >= 15 is 0 Å². The lowest BCUT2D eigenvalue weighted by Crippen LogP contribution is -2.37. The number of carbonyl (C=O) groups excluding carboxylic acids is 1. The number of phenols is 1. The van der Waals surface area contributed by atoms with Crippen LogP contribution in [0.25, 0.3) is 0 Å². The van der Waals surface area contributed by atoms with E-state index in [-0.39, 0.29) is 21.6 Å². The van der Waals surface area contributed by atoms with Crippen molar-refractivity contribution < 1.29 is 18.3 Å². The van der Waals surface area contributed by atoms with Gasteiger partial charge in [-0.1, -0.05) is 30.2 Å². The molecular weight excluding hydrogens is 388 g/mol. The van der Waals surface area contributed by atoms with E-state index in [9.17, 15) is 18.3 Å². The van der Waals surface area contributed by atoms with E-state index in [1.807, 2.05) is 13.8 Å². The Labute approximate surface area is 164 Å². The SMILES string of the molecule is CC1=CCC[C@H]1NC(=O)Nc1ccc(Cl)c(S(=O)(=O)[C@@H]2CCC(C)C2)c1O. The van der Waals surface area contributed by atoms with Gasteiger partial charge in [-0.3, -0.25) is 0 Å². The molecule has 2 aliphatic rings. The number of rotatable bonds is 4. The van der Waals surface area contributed by atoms with Gasteiger partial charge in [0.2, 0.25) is 0 Å². The Balaban J connectivity index is 1.83. The van der Waals surface area contributed by atoms with Crippen LogP contribution in [0.2, 0.25) is 5.02 Å². The number of hydrogen-bond acceptors (Lipinski definition) is 4. The summed E-state index contributed by atoms with van der Waals surface area (Å²) in [4.78, 5) is 12.0. The fourth-order valence-corrected chi connectivity index (χ4v) is 6.43. The summed E-state index contributed by atoms with van der Waals surface area (Å²) in [5.41, 5.74) is 1.12. The van der Waals surface area contributed by atoms with Crippen molar-refractivity contribution in [3.63, 3.8) is 0 Å². The third-order valence-corrected chi connectivity index (χ3v) is 8.19. The largest absolute Gasteiger partial charge is 0.504 e. The second kappa shape index (κ2) is 7.72. The molecule has 2 aliphatic carbocycles. The van der Waals surface area contributed by atoms with Crippen LogP contribution in [0.15, 0.2) is 28.7 Å². The summed E-state index contributed by atoms with van der Waals surface area (Å²) in [6.07, 6.45) is 5.72. The molecule has 8 heteroatoms. The normalized spacial score (nSPS) is 25.3. The van der Waals surface area contributed by atoms with Gasteiger partial charge in [-0.15, -0.1) is 0 Å². The van der Waals surface area contributed by atoms with Crippen molar-refractivity contribution in [2.45, 2.75) is 62.1 Å². The molecule has 0 spiro atoms. The van der Waals surface area contributed by atoms with Gasteiger partial charge in [-0.25, -0.2) is 13.2 Å². The smallest absolute Gasteiger partial charge is 0.319 e. The third-order valence-electron chi connectivity index (χ3n) is 5.48. The van der Waals surface area contributed by atoms with Gasteiger partial charge in [-0.05, 0) is 57.1 Å². The van der Waals surface area contributed by atoms with Gasteiger partial charge in [0, 0.05) is 0 Å². The van der Waals surface area contributed by atoms with Crippen LogP contribution < -0.4 is 10.6 Å². The van der Waals surface area contributed by atoms with E-state index in [1.54, 1.807) is 0 Å². The Morgan fingerprint density at radius 3 is 2.59 bits per heavy atom. The fourth-order valence-electron chi connectivity index (χ4n) is 3.87. The number of anilines is 1. The number of aromatic hydroxyl groups is 1. The van der Waals surface area contributed by atoms with Gasteiger partial charge >= 0.3 is 6.03 Å². The van der Waals surface area contributed by atoms with Gasteiger partial charge < -0.3 is 15.7 Å². The topological polar surface area (TPSA) is 95.5 Å². The number of urea groups is 1. The lowest BCUT2D eigenvalue weighted by atomic mass is 10.1. The summed E-state index contributed by atoms with van der Waals surface area (Å²) < 4.78 is 26.0. The molecule has 3 atom stereocenters. The van der Waals surface area contributed by atoms with Crippen LogP contribution in [-0.2, 0) is 9.84 Å². The van der Waals surface area contributed by atoms with Crippen LogP contribution in [0, 0.1) is 5.92 Å². The van der Waals surface area contributed by atoms with Crippen molar-refractivity contribution in [1.29, 1.82) is 0 Å². The highest BCUT2D eigenvalue weighted by molar-refractivity contribution is 7.92. The Bertz CT molecular complexity index is 882. The van der Waals surface area contributed by atoms with Crippen LogP contribution in [0.1, 0.15) is 46.0 Å². The minimum atomic E-state index is -3.79. The number of carbonyl (C=O) groups is 1. The highest BCUT2D eigenvalue weighted by atomic mass is 35.5. The second-order valence-electron chi connectivity index (χ2n) is 7.53. The minimum absolute atomic E-state index is 0.0288. The molecule has 0 aromatic heterocycles. The predicted octanol–water partition coefficient (Wildman–Crippen LogP) is 4.24. The van der Waals surface area contributed by atoms with Crippen molar-refractivity contribution in [1.82, 2.24) is 5.32 Å². The summed E-state index contributed by atoms with van der Waals surface area (Å²) >= 11 is 6.12. The van der Waals surface area contributed by atoms with Crippen molar-refractivity contribution in [3.05, 3.63) is 28.8 Å². The molecule has 2 amide bonds. The number of allylic oxidation sites excluding steroid dienone is 1. The summed E-state index contributed by atoms with van der Waals surface area (Å²) in [7, 11) is -3.79. The molecule has 1 unspecified atom stereocenters. The number of nitrogens with one attached hydrogen (secondary N) is 2. The third kappa shape index (κ3) is 4.09. The highest BCUT2D eigenvalue weighted by Gasteiger charge is 2.37. The van der Waals surface area contributed by atoms with E-state index in [1.165, 1.54) is 12.1 Å². The molecular formula is C19H25ClN2O4S. The highest BCUT2D eigenvalue weighted by Crippen LogP contribution is 2.42. The number of halogens is 1. The molecule has 0 radical (unpaired) electrons. The Kier molecular flexibility index (Phi) is 5.72. The quantitative estimate of drug-likeness (QED) is 0.509. The average Bonchev–Trinajstić information content (AvgIpc) is 3.19. The van der Waals surface area contributed by atoms with E-state index in [0.717, 1.165) is 24.8 Å². The molecule has 1 fully saturated rings. The Hall–Kier alpha value is -1.73. The molecule has 1 aromatic rings. The first-order valence-corrected chi connectivity index (χ1v) is 11.1. The Morgan fingerprint density at radius 2 is 2.00 bits per heavy atom. The summed E-state index contributed by atoms with van der Waals surface area (Å²) in [6.45, 7) is 3.96. The first kappa shape index (κ1) is 20.0. The molecule has 0 saturated heterocycles. The first-order valence-electron chi connectivity index (χ1n) is 9.19. The number of amides is 2. The van der Waals surface area contributed by atoms with Crippen LogP contribution in [0.5, 0.6) is 5.75 Å². The molecule has 148 valence electrons. The standard InChI is InChI=1S/C19H25ClN2O4S/c1-11-6-7-13(10-11)27(25,26)18-14(20)8-9-16(17(18)23)22-19(24)21-15-5-3-4-12(15)2/h4,8-9,11,13,15,23H,3,5-7,10H2,1-2H3,(H2,21,22,24)/t11?,13-,15-/m1/s1. The van der Waals surface area contributed by atoms with E-state index in [0.29, 0.717) is 18.8 Å². The molecule has 27 heavy (non-hydrogen) atoms. The van der Waals surface area contributed by atoms with Crippen LogP contribution in [0.4, 0.5) is 10.5 Å². The van der Waals surface area contributed by atoms with E-state index < -0.39 is 26.9 Å². The predicted molar refractivity (Wildman–Crippen MR) is 106 cm³/mol. The van der Waals surface area contributed by atoms with Crippen molar-refractivity contribution >= 4 is 33.2 Å². The van der Waals surface area contributed by atoms with Crippen LogP contribution in [0.3, 0.4) is 0 Å². The summed E-state index contributed by atoms with van der Waals surface area (Å²) in [6, 6.07) is 2.25. The molecule has 0 aliphatic heterocycles. The molecule has 1 aromatic carbocycles. The van der Waals surface area contributed by atoms with Crippen LogP contribution in [-0.4, -0.2) is 30.8 Å². The van der Waals surface area contributed by atoms with Crippen molar-refractivity contribution in [2.24, 2.45) is 5.92 Å². The maximum atomic E-state index is 13.0. The molecule has 3 rings (SSSR count). The monoisotopic (exact) mass is 412 g/mol. The maximum absolute atomic E-state index is 13.0. The second-order valence-corrected chi connectivity index (χ2v) is 10.1. The van der Waals surface area contributed by atoms with Gasteiger partial charge in [0.1, 0.15) is 4.90 Å². The van der Waals surface area contributed by atoms with Gasteiger partial charge in [0.25, 0.3) is 0 Å². The zero-order chi connectivity index (χ0) is 19.8. The number of sulfone groups is 1. The van der Waals surface area contributed by atoms with Crippen molar-refractivity contribution in [3.8, 4) is 5.75 Å². The molecule has 3 N–H and O–H groups in total. The van der Waals surface area contributed by atoms with Crippen LogP contribution >= 0.6 is 11.6 Å². The molecule has 6 nitrogen and oxygen atoms in total. The number of hydrogen-bond donors (Lipinski definition) is 3. The van der Waals surface area contributed by atoms with Gasteiger partial charge in [0.05, 0.1) is 22.0 Å². The summed E-state index contributed by atoms with van der Waals surface area (Å²) in [5.74, 6) is -0.184. The van der Waals surface area contributed by atoms with Gasteiger partial charge in [-0.2, -0.15) is 0 Å². The zero-order valence-corrected chi connectivity index (χ0v) is 17.0. The molecule has 1 saturated carbocycles. The van der Waals surface area contributed by atoms with E-state index in [2.05, 4.69) is 16.7 Å². The first-order chi connectivity index (χ1) is 12.7. The lowest BCUT2D eigenvalue weighted by Gasteiger charge is -2.18. The zero-order valence-electron chi connectivity index (χ0n) is 15.5. The minimum Gasteiger partial charge on any atom is -0.504 e. The molecule has 0 heterocycles. The van der Waals surface area contributed by atoms with Crippen molar-refractivity contribution in [2.75, 3.05) is 5.32 Å². The number of benzene rings is 1. The Morgan fingerprint density at radius 1 is 1.26 bits per heavy atom. The number of phenolic OH excluding ortho intramolecular Hbond substituents is 1. The van der Waals surface area contributed by atoms with E-state index in [4.69, 9.17) is 11.6 Å². The molecule has 0 bridgehead atoms. The lowest BCUT2D eigenvalue weighted by molar-refractivity contribution is 0.249. The fraction of sp³-hybridized carbons (Fsp3) is 0.526. The average molecular weight is 413 g/mol.